The van der Waals surface area contributed by atoms with Gasteiger partial charge in [-0.2, -0.15) is 5.26 Å². The first kappa shape index (κ1) is 12.0. The van der Waals surface area contributed by atoms with Crippen molar-refractivity contribution in [3.63, 3.8) is 0 Å². The Bertz CT molecular complexity index is 241. The van der Waals surface area contributed by atoms with Crippen LogP contribution >= 0.6 is 0 Å². The normalized spacial score (nSPS) is 22.0. The van der Waals surface area contributed by atoms with Crippen molar-refractivity contribution in [1.29, 1.82) is 5.26 Å². The van der Waals surface area contributed by atoms with E-state index < -0.39 is 0 Å². The van der Waals surface area contributed by atoms with Crippen LogP contribution in [0.1, 0.15) is 39.0 Å². The molecule has 1 heterocycles. The number of carbonyl (C=O) groups excluding carboxylic acids is 1. The highest BCUT2D eigenvalue weighted by Crippen LogP contribution is 2.16. The van der Waals surface area contributed by atoms with E-state index in [1.165, 1.54) is 0 Å². The molecule has 1 N–H and O–H groups in total. The summed E-state index contributed by atoms with van der Waals surface area (Å²) in [6.07, 6.45) is 4.29. The molecule has 1 fully saturated rings. The van der Waals surface area contributed by atoms with Gasteiger partial charge in [-0.1, -0.05) is 6.92 Å². The number of carbonyl (C=O) groups is 1. The minimum absolute atomic E-state index is 0.0427. The topological polar surface area (TPSA) is 62.1 Å². The third-order valence-corrected chi connectivity index (χ3v) is 2.62. The molecule has 1 rings (SSSR count). The first-order valence-electron chi connectivity index (χ1n) is 5.56. The van der Waals surface area contributed by atoms with E-state index in [9.17, 15) is 4.79 Å². The van der Waals surface area contributed by atoms with Gasteiger partial charge in [-0.25, -0.2) is 0 Å². The average Bonchev–Trinajstić information content (AvgIpc) is 2.75. The Labute approximate surface area is 90.6 Å². The first-order valence-corrected chi connectivity index (χ1v) is 5.56. The number of hydrogen-bond donors (Lipinski definition) is 1. The Kier molecular flexibility index (Phi) is 5.13. The molecule has 0 aliphatic carbocycles. The van der Waals surface area contributed by atoms with Gasteiger partial charge in [0.05, 0.1) is 12.2 Å². The molecule has 0 aromatic carbocycles. The Balaban J connectivity index is 2.15. The van der Waals surface area contributed by atoms with E-state index >= 15 is 0 Å². The average molecular weight is 210 g/mol. The first-order chi connectivity index (χ1) is 7.26. The fourth-order valence-electron chi connectivity index (χ4n) is 1.66. The summed E-state index contributed by atoms with van der Waals surface area (Å²) < 4.78 is 5.42. The molecule has 1 aliphatic rings. The minimum Gasteiger partial charge on any atom is -0.378 e. The maximum atomic E-state index is 11.4. The monoisotopic (exact) mass is 210 g/mol. The molecule has 0 spiro atoms. The molecule has 4 heteroatoms. The van der Waals surface area contributed by atoms with E-state index in [-0.39, 0.29) is 18.1 Å². The summed E-state index contributed by atoms with van der Waals surface area (Å²) >= 11 is 0. The number of nitrogens with zero attached hydrogens (tertiary/aromatic N) is 1. The van der Waals surface area contributed by atoms with Crippen LogP contribution in [0.3, 0.4) is 0 Å². The second kappa shape index (κ2) is 6.41. The van der Waals surface area contributed by atoms with E-state index in [1.54, 1.807) is 0 Å². The van der Waals surface area contributed by atoms with Crippen LogP contribution in [0.15, 0.2) is 0 Å². The predicted molar refractivity (Wildman–Crippen MR) is 56.0 cm³/mol. The number of nitrogens with one attached hydrogen (secondary N) is 1. The molecule has 4 nitrogen and oxygen atoms in total. The molecule has 0 saturated carbocycles. The van der Waals surface area contributed by atoms with Crippen LogP contribution in [-0.2, 0) is 9.53 Å². The molecule has 0 aromatic rings. The second-order valence-electron chi connectivity index (χ2n) is 3.83. The van der Waals surface area contributed by atoms with Crippen molar-refractivity contribution < 1.29 is 9.53 Å². The van der Waals surface area contributed by atoms with Crippen LogP contribution in [0, 0.1) is 11.3 Å². The Morgan fingerprint density at radius 3 is 3.07 bits per heavy atom. The fourth-order valence-corrected chi connectivity index (χ4v) is 1.66. The van der Waals surface area contributed by atoms with Crippen molar-refractivity contribution in [3.8, 4) is 6.07 Å². The van der Waals surface area contributed by atoms with Crippen molar-refractivity contribution >= 4 is 5.91 Å². The Morgan fingerprint density at radius 1 is 1.73 bits per heavy atom. The van der Waals surface area contributed by atoms with Gasteiger partial charge in [0.2, 0.25) is 5.91 Å². The largest absolute Gasteiger partial charge is 0.378 e. The van der Waals surface area contributed by atoms with Crippen LogP contribution in [-0.4, -0.2) is 24.7 Å². The van der Waals surface area contributed by atoms with Crippen LogP contribution < -0.4 is 5.32 Å². The second-order valence-corrected chi connectivity index (χ2v) is 3.83. The number of rotatable bonds is 5. The highest BCUT2D eigenvalue weighted by molar-refractivity contribution is 5.76. The summed E-state index contributed by atoms with van der Waals surface area (Å²) in [5.74, 6) is -0.0427. The number of hydrogen-bond acceptors (Lipinski definition) is 3. The van der Waals surface area contributed by atoms with Gasteiger partial charge in [-0.15, -0.1) is 0 Å². The van der Waals surface area contributed by atoms with Gasteiger partial charge >= 0.3 is 0 Å². The quantitative estimate of drug-likeness (QED) is 0.745. The van der Waals surface area contributed by atoms with Gasteiger partial charge in [0.15, 0.2) is 0 Å². The molecule has 1 saturated heterocycles. The zero-order valence-corrected chi connectivity index (χ0v) is 9.16. The van der Waals surface area contributed by atoms with E-state index in [2.05, 4.69) is 5.32 Å². The van der Waals surface area contributed by atoms with Gasteiger partial charge in [0.1, 0.15) is 6.04 Å². The standard InChI is InChI=1S/C11H18N2O2/c1-2-9(8-12)13-11(14)6-5-10-4-3-7-15-10/h9-10H,2-7H2,1H3,(H,13,14). The minimum atomic E-state index is -0.345. The van der Waals surface area contributed by atoms with Crippen LogP contribution in [0.25, 0.3) is 0 Å². The van der Waals surface area contributed by atoms with Crippen molar-refractivity contribution in [2.24, 2.45) is 0 Å². The maximum Gasteiger partial charge on any atom is 0.221 e. The summed E-state index contributed by atoms with van der Waals surface area (Å²) in [5, 5.41) is 11.3. The van der Waals surface area contributed by atoms with Crippen molar-refractivity contribution in [1.82, 2.24) is 5.32 Å². The molecule has 0 radical (unpaired) electrons. The van der Waals surface area contributed by atoms with Gasteiger partial charge < -0.3 is 10.1 Å². The zero-order chi connectivity index (χ0) is 11.1. The molecule has 0 aromatic heterocycles. The molecule has 1 aliphatic heterocycles. The molecule has 0 bridgehead atoms. The maximum absolute atomic E-state index is 11.4. The lowest BCUT2D eigenvalue weighted by Gasteiger charge is -2.11. The third kappa shape index (κ3) is 4.30. The predicted octanol–water partition coefficient (Wildman–Crippen LogP) is 1.36. The van der Waals surface area contributed by atoms with E-state index in [1.807, 2.05) is 13.0 Å². The van der Waals surface area contributed by atoms with Crippen LogP contribution in [0.4, 0.5) is 0 Å². The zero-order valence-electron chi connectivity index (χ0n) is 9.16. The van der Waals surface area contributed by atoms with Gasteiger partial charge in [0.25, 0.3) is 0 Å². The number of nitriles is 1. The lowest BCUT2D eigenvalue weighted by Crippen LogP contribution is -2.33. The van der Waals surface area contributed by atoms with Crippen LogP contribution in [0.2, 0.25) is 0 Å². The van der Waals surface area contributed by atoms with Gasteiger partial charge in [0, 0.05) is 13.0 Å². The molecule has 2 unspecified atom stereocenters. The number of ether oxygens (including phenoxy) is 1. The SMILES string of the molecule is CCC(C#N)NC(=O)CCC1CCCO1. The summed E-state index contributed by atoms with van der Waals surface area (Å²) in [5.41, 5.74) is 0. The Hall–Kier alpha value is -1.08. The highest BCUT2D eigenvalue weighted by atomic mass is 16.5. The summed E-state index contributed by atoms with van der Waals surface area (Å²) in [7, 11) is 0. The molecule has 2 atom stereocenters. The van der Waals surface area contributed by atoms with Crippen molar-refractivity contribution in [3.05, 3.63) is 0 Å². The van der Waals surface area contributed by atoms with E-state index in [0.29, 0.717) is 12.8 Å². The molecule has 84 valence electrons. The highest BCUT2D eigenvalue weighted by Gasteiger charge is 2.17. The molecular formula is C11H18N2O2. The van der Waals surface area contributed by atoms with Crippen molar-refractivity contribution in [2.45, 2.75) is 51.2 Å². The van der Waals surface area contributed by atoms with Gasteiger partial charge in [-0.05, 0) is 25.7 Å². The Morgan fingerprint density at radius 2 is 2.53 bits per heavy atom. The van der Waals surface area contributed by atoms with Gasteiger partial charge in [-0.3, -0.25) is 4.79 Å². The lowest BCUT2D eigenvalue weighted by atomic mass is 10.1. The molecular weight excluding hydrogens is 192 g/mol. The van der Waals surface area contributed by atoms with E-state index in [4.69, 9.17) is 10.00 Å². The fraction of sp³-hybridized carbons (Fsp3) is 0.818. The molecule has 1 amide bonds. The van der Waals surface area contributed by atoms with Crippen LogP contribution in [0.5, 0.6) is 0 Å². The number of amides is 1. The summed E-state index contributed by atoms with van der Waals surface area (Å²) in [6.45, 7) is 2.70. The van der Waals surface area contributed by atoms with Crippen molar-refractivity contribution in [2.75, 3.05) is 6.61 Å². The smallest absolute Gasteiger partial charge is 0.221 e. The lowest BCUT2D eigenvalue weighted by molar-refractivity contribution is -0.122. The van der Waals surface area contributed by atoms with E-state index in [0.717, 1.165) is 25.9 Å². The summed E-state index contributed by atoms with van der Waals surface area (Å²) in [6, 6.07) is 1.70. The third-order valence-electron chi connectivity index (χ3n) is 2.62. The summed E-state index contributed by atoms with van der Waals surface area (Å²) in [4.78, 5) is 11.4. The molecule has 15 heavy (non-hydrogen) atoms.